The summed E-state index contributed by atoms with van der Waals surface area (Å²) in [6, 6.07) is 4.39. The van der Waals surface area contributed by atoms with Gasteiger partial charge in [-0.25, -0.2) is 0 Å². The molecule has 0 saturated heterocycles. The van der Waals surface area contributed by atoms with Gasteiger partial charge in [0.25, 0.3) is 0 Å². The van der Waals surface area contributed by atoms with Crippen LogP contribution in [0.4, 0.5) is 0 Å². The van der Waals surface area contributed by atoms with Crippen LogP contribution in [0.15, 0.2) is 12.1 Å². The Balaban J connectivity index is 3.03. The third-order valence-electron chi connectivity index (χ3n) is 3.12. The fourth-order valence-corrected chi connectivity index (χ4v) is 2.29. The second-order valence-corrected chi connectivity index (χ2v) is 4.44. The fraction of sp³-hybridized carbons (Fsp3) is 0.357. The number of hydrogen-bond donors (Lipinski definition) is 0. The van der Waals surface area contributed by atoms with E-state index in [1.807, 2.05) is 0 Å². The second-order valence-electron chi connectivity index (χ2n) is 4.44. The summed E-state index contributed by atoms with van der Waals surface area (Å²) >= 11 is 0. The molecule has 0 amide bonds. The standard InChI is InChI=1S/C14H17N/c1-8-6-10(3)14-13(12(8)5)9(2)7-11(4)15-14/h6-7H,1-5H3. The minimum atomic E-state index is 1.10. The van der Waals surface area contributed by atoms with Gasteiger partial charge >= 0.3 is 0 Å². The summed E-state index contributed by atoms with van der Waals surface area (Å²) in [7, 11) is 0. The number of hydrogen-bond acceptors (Lipinski definition) is 1. The molecule has 0 saturated carbocycles. The van der Waals surface area contributed by atoms with Crippen LogP contribution in [0.5, 0.6) is 0 Å². The van der Waals surface area contributed by atoms with Crippen molar-refractivity contribution in [3.05, 3.63) is 40.1 Å². The van der Waals surface area contributed by atoms with Crippen molar-refractivity contribution >= 4 is 10.9 Å². The van der Waals surface area contributed by atoms with E-state index in [1.165, 1.54) is 27.6 Å². The zero-order valence-electron chi connectivity index (χ0n) is 10.1. The molecule has 2 rings (SSSR count). The highest BCUT2D eigenvalue weighted by Gasteiger charge is 2.08. The molecule has 0 atom stereocenters. The Morgan fingerprint density at radius 3 is 2.13 bits per heavy atom. The molecule has 2 aromatic rings. The SMILES string of the molecule is Cc1cc(C)c2c(C)c(C)cc(C)c2n1. The molecule has 78 valence electrons. The molecule has 0 aliphatic heterocycles. The topological polar surface area (TPSA) is 12.9 Å². The average Bonchev–Trinajstić information content (AvgIpc) is 2.13. The Labute approximate surface area is 91.2 Å². The normalized spacial score (nSPS) is 11.0. The van der Waals surface area contributed by atoms with Gasteiger partial charge in [-0.15, -0.1) is 0 Å². The van der Waals surface area contributed by atoms with Gasteiger partial charge in [0.2, 0.25) is 0 Å². The van der Waals surface area contributed by atoms with Gasteiger partial charge in [0.05, 0.1) is 5.52 Å². The summed E-state index contributed by atoms with van der Waals surface area (Å²) < 4.78 is 0. The van der Waals surface area contributed by atoms with Gasteiger partial charge in [0.15, 0.2) is 0 Å². The predicted octanol–water partition coefficient (Wildman–Crippen LogP) is 3.78. The van der Waals surface area contributed by atoms with Crippen LogP contribution >= 0.6 is 0 Å². The van der Waals surface area contributed by atoms with E-state index in [-0.39, 0.29) is 0 Å². The van der Waals surface area contributed by atoms with Gasteiger partial charge in [-0.3, -0.25) is 4.98 Å². The first-order valence-corrected chi connectivity index (χ1v) is 5.35. The lowest BCUT2D eigenvalue weighted by Gasteiger charge is -2.11. The summed E-state index contributed by atoms with van der Waals surface area (Å²) in [5, 5.41) is 1.33. The Kier molecular flexibility index (Phi) is 2.26. The van der Waals surface area contributed by atoms with Gasteiger partial charge in [-0.2, -0.15) is 0 Å². The minimum absolute atomic E-state index is 1.10. The zero-order chi connectivity index (χ0) is 11.2. The lowest BCUT2D eigenvalue weighted by Crippen LogP contribution is -1.95. The lowest BCUT2D eigenvalue weighted by molar-refractivity contribution is 1.20. The van der Waals surface area contributed by atoms with Crippen molar-refractivity contribution in [3.63, 3.8) is 0 Å². The first-order valence-electron chi connectivity index (χ1n) is 5.35. The fourth-order valence-electron chi connectivity index (χ4n) is 2.29. The molecule has 1 aromatic carbocycles. The van der Waals surface area contributed by atoms with Crippen LogP contribution in [0.1, 0.15) is 27.9 Å². The molecule has 0 aliphatic rings. The van der Waals surface area contributed by atoms with Gasteiger partial charge in [0, 0.05) is 11.1 Å². The molecular weight excluding hydrogens is 182 g/mol. The van der Waals surface area contributed by atoms with Crippen molar-refractivity contribution in [2.75, 3.05) is 0 Å². The van der Waals surface area contributed by atoms with Crippen LogP contribution in [0, 0.1) is 34.6 Å². The van der Waals surface area contributed by atoms with Crippen LogP contribution in [0.3, 0.4) is 0 Å². The molecule has 1 heteroatoms. The second kappa shape index (κ2) is 3.34. The van der Waals surface area contributed by atoms with E-state index in [0.29, 0.717) is 0 Å². The summed E-state index contributed by atoms with van der Waals surface area (Å²) in [5.41, 5.74) is 7.60. The highest BCUT2D eigenvalue weighted by Crippen LogP contribution is 2.26. The van der Waals surface area contributed by atoms with E-state index in [4.69, 9.17) is 0 Å². The van der Waals surface area contributed by atoms with E-state index in [0.717, 1.165) is 11.2 Å². The summed E-state index contributed by atoms with van der Waals surface area (Å²) in [4.78, 5) is 4.64. The lowest BCUT2D eigenvalue weighted by atomic mass is 9.97. The van der Waals surface area contributed by atoms with E-state index in [9.17, 15) is 0 Å². The van der Waals surface area contributed by atoms with E-state index < -0.39 is 0 Å². The molecule has 0 spiro atoms. The molecule has 0 N–H and O–H groups in total. The van der Waals surface area contributed by atoms with Gasteiger partial charge < -0.3 is 0 Å². The molecule has 0 radical (unpaired) electrons. The van der Waals surface area contributed by atoms with Crippen molar-refractivity contribution in [3.8, 4) is 0 Å². The highest BCUT2D eigenvalue weighted by molar-refractivity contribution is 5.89. The summed E-state index contributed by atoms with van der Waals surface area (Å²) in [5.74, 6) is 0. The number of aromatic nitrogens is 1. The summed E-state index contributed by atoms with van der Waals surface area (Å²) in [6.45, 7) is 10.7. The average molecular weight is 199 g/mol. The Bertz CT molecular complexity index is 539. The van der Waals surface area contributed by atoms with Crippen LogP contribution in [0.2, 0.25) is 0 Å². The largest absolute Gasteiger partial charge is 0.253 e. The number of nitrogens with zero attached hydrogens (tertiary/aromatic N) is 1. The number of aryl methyl sites for hydroxylation is 5. The highest BCUT2D eigenvalue weighted by atomic mass is 14.7. The van der Waals surface area contributed by atoms with Crippen LogP contribution < -0.4 is 0 Å². The first kappa shape index (κ1) is 10.2. The third-order valence-corrected chi connectivity index (χ3v) is 3.12. The maximum Gasteiger partial charge on any atom is 0.0739 e. The molecule has 15 heavy (non-hydrogen) atoms. The molecule has 1 aromatic heterocycles. The zero-order valence-corrected chi connectivity index (χ0v) is 10.1. The quantitative estimate of drug-likeness (QED) is 0.629. The van der Waals surface area contributed by atoms with Crippen LogP contribution in [0.25, 0.3) is 10.9 Å². The van der Waals surface area contributed by atoms with Crippen molar-refractivity contribution in [1.29, 1.82) is 0 Å². The van der Waals surface area contributed by atoms with Crippen LogP contribution in [-0.2, 0) is 0 Å². The third kappa shape index (κ3) is 1.52. The molecule has 0 fully saturated rings. The molecule has 1 heterocycles. The van der Waals surface area contributed by atoms with Crippen LogP contribution in [-0.4, -0.2) is 4.98 Å². The Morgan fingerprint density at radius 1 is 0.800 bits per heavy atom. The number of fused-ring (bicyclic) bond motifs is 1. The molecule has 0 unspecified atom stereocenters. The number of pyridine rings is 1. The van der Waals surface area contributed by atoms with Crippen molar-refractivity contribution in [2.24, 2.45) is 0 Å². The Hall–Kier alpha value is -1.37. The summed E-state index contributed by atoms with van der Waals surface area (Å²) in [6.07, 6.45) is 0. The van der Waals surface area contributed by atoms with E-state index in [1.54, 1.807) is 0 Å². The maximum atomic E-state index is 4.64. The first-order chi connectivity index (χ1) is 7.00. The maximum absolute atomic E-state index is 4.64. The molecule has 0 bridgehead atoms. The van der Waals surface area contributed by atoms with E-state index in [2.05, 4.69) is 51.7 Å². The Morgan fingerprint density at radius 2 is 1.47 bits per heavy atom. The van der Waals surface area contributed by atoms with Gasteiger partial charge in [-0.1, -0.05) is 6.07 Å². The molecule has 0 aliphatic carbocycles. The van der Waals surface area contributed by atoms with Gasteiger partial charge in [0.1, 0.15) is 0 Å². The minimum Gasteiger partial charge on any atom is -0.253 e. The van der Waals surface area contributed by atoms with Crippen molar-refractivity contribution in [1.82, 2.24) is 4.98 Å². The molecular formula is C14H17N. The monoisotopic (exact) mass is 199 g/mol. The van der Waals surface area contributed by atoms with Crippen molar-refractivity contribution < 1.29 is 0 Å². The predicted molar refractivity (Wildman–Crippen MR) is 65.4 cm³/mol. The number of rotatable bonds is 0. The van der Waals surface area contributed by atoms with Crippen molar-refractivity contribution in [2.45, 2.75) is 34.6 Å². The number of benzene rings is 1. The van der Waals surface area contributed by atoms with E-state index >= 15 is 0 Å². The van der Waals surface area contributed by atoms with Gasteiger partial charge in [-0.05, 0) is 62.9 Å². The smallest absolute Gasteiger partial charge is 0.0739 e. The molecule has 1 nitrogen and oxygen atoms in total.